The van der Waals surface area contributed by atoms with Crippen LogP contribution in [0.3, 0.4) is 0 Å². The lowest BCUT2D eigenvalue weighted by Crippen LogP contribution is -2.20. The van der Waals surface area contributed by atoms with Crippen molar-refractivity contribution >= 4 is 11.8 Å². The van der Waals surface area contributed by atoms with E-state index in [2.05, 4.69) is 0 Å². The molecule has 102 valence electrons. The summed E-state index contributed by atoms with van der Waals surface area (Å²) < 4.78 is 10.1. The molecule has 0 saturated heterocycles. The topological polar surface area (TPSA) is 52.6 Å². The highest BCUT2D eigenvalue weighted by Crippen LogP contribution is 2.04. The van der Waals surface area contributed by atoms with Crippen LogP contribution in [0.5, 0.6) is 0 Å². The summed E-state index contributed by atoms with van der Waals surface area (Å²) >= 11 is 0. The number of carbonyl (C=O) groups is 2. The van der Waals surface area contributed by atoms with Gasteiger partial charge in [-0.1, -0.05) is 36.4 Å². The second-order valence-corrected chi connectivity index (χ2v) is 3.82. The standard InChI is InChI=1S/C15H18O4/c1-3-13(15(17)19-4-2)14(16)11-18-10-12-8-6-5-7-9-12/h3,5-9H,4,10-11H2,1-2H3/b13-3-. The Balaban J connectivity index is 2.44. The van der Waals surface area contributed by atoms with Crippen LogP contribution in [0.15, 0.2) is 42.0 Å². The van der Waals surface area contributed by atoms with E-state index < -0.39 is 5.97 Å². The fraction of sp³-hybridized carbons (Fsp3) is 0.333. The molecular weight excluding hydrogens is 244 g/mol. The van der Waals surface area contributed by atoms with Crippen molar-refractivity contribution in [3.63, 3.8) is 0 Å². The Bertz CT molecular complexity index is 448. The van der Waals surface area contributed by atoms with E-state index in [0.717, 1.165) is 5.56 Å². The summed E-state index contributed by atoms with van der Waals surface area (Å²) in [5, 5.41) is 0. The van der Waals surface area contributed by atoms with E-state index in [4.69, 9.17) is 9.47 Å². The minimum Gasteiger partial charge on any atom is -0.462 e. The summed E-state index contributed by atoms with van der Waals surface area (Å²) in [6.07, 6.45) is 1.45. The van der Waals surface area contributed by atoms with Crippen molar-refractivity contribution in [2.75, 3.05) is 13.2 Å². The van der Waals surface area contributed by atoms with Crippen molar-refractivity contribution in [2.45, 2.75) is 20.5 Å². The monoisotopic (exact) mass is 262 g/mol. The number of rotatable bonds is 7. The Morgan fingerprint density at radius 1 is 1.21 bits per heavy atom. The van der Waals surface area contributed by atoms with Crippen LogP contribution in [-0.2, 0) is 25.7 Å². The van der Waals surface area contributed by atoms with E-state index in [0.29, 0.717) is 6.61 Å². The second kappa shape index (κ2) is 8.21. The highest BCUT2D eigenvalue weighted by atomic mass is 16.5. The number of hydrogen-bond acceptors (Lipinski definition) is 4. The molecule has 1 aromatic carbocycles. The third-order valence-corrected chi connectivity index (χ3v) is 2.43. The minimum atomic E-state index is -0.599. The molecule has 0 aromatic heterocycles. The predicted molar refractivity (Wildman–Crippen MR) is 71.5 cm³/mol. The number of allylic oxidation sites excluding steroid dienone is 1. The first-order valence-corrected chi connectivity index (χ1v) is 6.17. The Kier molecular flexibility index (Phi) is 6.53. The molecule has 0 aliphatic rings. The summed E-state index contributed by atoms with van der Waals surface area (Å²) in [7, 11) is 0. The fourth-order valence-corrected chi connectivity index (χ4v) is 1.52. The quantitative estimate of drug-likeness (QED) is 0.327. The number of benzene rings is 1. The van der Waals surface area contributed by atoms with Gasteiger partial charge in [0.1, 0.15) is 12.2 Å². The molecule has 4 nitrogen and oxygen atoms in total. The average molecular weight is 262 g/mol. The SMILES string of the molecule is C/C=C(/C(=O)COCc1ccccc1)C(=O)OCC. The van der Waals surface area contributed by atoms with Crippen molar-refractivity contribution in [2.24, 2.45) is 0 Å². The highest BCUT2D eigenvalue weighted by molar-refractivity contribution is 6.17. The largest absolute Gasteiger partial charge is 0.462 e. The zero-order chi connectivity index (χ0) is 14.1. The van der Waals surface area contributed by atoms with Gasteiger partial charge in [0.15, 0.2) is 5.78 Å². The van der Waals surface area contributed by atoms with E-state index in [1.54, 1.807) is 13.8 Å². The molecule has 0 unspecified atom stereocenters. The van der Waals surface area contributed by atoms with Crippen LogP contribution in [0.1, 0.15) is 19.4 Å². The van der Waals surface area contributed by atoms with Gasteiger partial charge in [-0.05, 0) is 19.4 Å². The molecule has 1 aromatic rings. The fourth-order valence-electron chi connectivity index (χ4n) is 1.52. The molecule has 0 N–H and O–H groups in total. The normalized spacial score (nSPS) is 11.2. The van der Waals surface area contributed by atoms with Crippen LogP contribution < -0.4 is 0 Å². The third-order valence-electron chi connectivity index (χ3n) is 2.43. The Morgan fingerprint density at radius 2 is 1.89 bits per heavy atom. The van der Waals surface area contributed by atoms with Gasteiger partial charge in [-0.15, -0.1) is 0 Å². The smallest absolute Gasteiger partial charge is 0.341 e. The van der Waals surface area contributed by atoms with Gasteiger partial charge >= 0.3 is 5.97 Å². The first-order chi connectivity index (χ1) is 9.19. The Hall–Kier alpha value is -1.94. The van der Waals surface area contributed by atoms with Gasteiger partial charge in [-0.3, -0.25) is 4.79 Å². The molecule has 0 heterocycles. The van der Waals surface area contributed by atoms with Gasteiger partial charge < -0.3 is 9.47 Å². The molecule has 0 atom stereocenters. The lowest BCUT2D eigenvalue weighted by Gasteiger charge is -2.06. The van der Waals surface area contributed by atoms with E-state index in [1.165, 1.54) is 6.08 Å². The zero-order valence-corrected chi connectivity index (χ0v) is 11.2. The van der Waals surface area contributed by atoms with Gasteiger partial charge in [0.2, 0.25) is 0 Å². The van der Waals surface area contributed by atoms with Crippen LogP contribution in [0, 0.1) is 0 Å². The maximum atomic E-state index is 11.8. The summed E-state index contributed by atoms with van der Waals surface area (Å²) in [4.78, 5) is 23.3. The van der Waals surface area contributed by atoms with Crippen LogP contribution in [0.2, 0.25) is 0 Å². The third kappa shape index (κ3) is 5.06. The molecule has 0 saturated carbocycles. The number of ketones is 1. The zero-order valence-electron chi connectivity index (χ0n) is 11.2. The summed E-state index contributed by atoms with van der Waals surface area (Å²) in [5.41, 5.74) is 1.02. The van der Waals surface area contributed by atoms with Crippen molar-refractivity contribution < 1.29 is 19.1 Å². The molecular formula is C15H18O4. The lowest BCUT2D eigenvalue weighted by atomic mass is 10.1. The van der Waals surface area contributed by atoms with Gasteiger partial charge in [-0.25, -0.2) is 4.79 Å². The molecule has 1 rings (SSSR count). The van der Waals surface area contributed by atoms with Gasteiger partial charge in [0.25, 0.3) is 0 Å². The molecule has 0 amide bonds. The van der Waals surface area contributed by atoms with Crippen LogP contribution in [-0.4, -0.2) is 25.0 Å². The molecule has 0 aliphatic heterocycles. The molecule has 0 spiro atoms. The molecule has 0 bridgehead atoms. The van der Waals surface area contributed by atoms with Crippen LogP contribution in [0.25, 0.3) is 0 Å². The van der Waals surface area contributed by atoms with Crippen LogP contribution >= 0.6 is 0 Å². The Labute approximate surface area is 113 Å². The summed E-state index contributed by atoms with van der Waals surface area (Å²) in [5.74, 6) is -0.963. The molecule has 0 aliphatic carbocycles. The number of hydrogen-bond donors (Lipinski definition) is 0. The van der Waals surface area contributed by atoms with Crippen molar-refractivity contribution in [1.82, 2.24) is 0 Å². The number of Topliss-reactive ketones (excluding diaryl/α,β-unsaturated/α-hetero) is 1. The first kappa shape index (κ1) is 15.1. The average Bonchev–Trinajstić information content (AvgIpc) is 2.41. The molecule has 4 heteroatoms. The maximum Gasteiger partial charge on any atom is 0.341 e. The highest BCUT2D eigenvalue weighted by Gasteiger charge is 2.18. The lowest BCUT2D eigenvalue weighted by molar-refractivity contribution is -0.140. The van der Waals surface area contributed by atoms with Gasteiger partial charge in [0, 0.05) is 0 Å². The van der Waals surface area contributed by atoms with E-state index in [-0.39, 0.29) is 24.6 Å². The van der Waals surface area contributed by atoms with Crippen LogP contribution in [0.4, 0.5) is 0 Å². The second-order valence-electron chi connectivity index (χ2n) is 3.82. The van der Waals surface area contributed by atoms with Gasteiger partial charge in [-0.2, -0.15) is 0 Å². The summed E-state index contributed by atoms with van der Waals surface area (Å²) in [6.45, 7) is 3.77. The molecule has 0 radical (unpaired) electrons. The van der Waals surface area contributed by atoms with E-state index in [9.17, 15) is 9.59 Å². The number of carbonyl (C=O) groups excluding carboxylic acids is 2. The Morgan fingerprint density at radius 3 is 2.47 bits per heavy atom. The predicted octanol–water partition coefficient (Wildman–Crippen LogP) is 2.28. The van der Waals surface area contributed by atoms with Crippen molar-refractivity contribution in [3.05, 3.63) is 47.5 Å². The number of esters is 1. The summed E-state index contributed by atoms with van der Waals surface area (Å²) in [6, 6.07) is 9.53. The van der Waals surface area contributed by atoms with Crippen molar-refractivity contribution in [1.29, 1.82) is 0 Å². The first-order valence-electron chi connectivity index (χ1n) is 6.17. The minimum absolute atomic E-state index is 0.0370. The number of ether oxygens (including phenoxy) is 2. The molecule has 19 heavy (non-hydrogen) atoms. The van der Waals surface area contributed by atoms with Gasteiger partial charge in [0.05, 0.1) is 13.2 Å². The van der Waals surface area contributed by atoms with E-state index >= 15 is 0 Å². The van der Waals surface area contributed by atoms with E-state index in [1.807, 2.05) is 30.3 Å². The molecule has 0 fully saturated rings. The maximum absolute atomic E-state index is 11.8. The van der Waals surface area contributed by atoms with Crippen molar-refractivity contribution in [3.8, 4) is 0 Å².